The Hall–Kier alpha value is -0.900. The van der Waals surface area contributed by atoms with Crippen molar-refractivity contribution in [1.82, 2.24) is 14.5 Å². The Kier molecular flexibility index (Phi) is 1.65. The number of imidazole rings is 1. The van der Waals surface area contributed by atoms with Crippen LogP contribution in [0, 0.1) is 6.92 Å². The molecule has 12 heavy (non-hydrogen) atoms. The van der Waals surface area contributed by atoms with E-state index in [1.807, 2.05) is 11.6 Å². The molecule has 2 aromatic rings. The Labute approximate surface area is 78.6 Å². The van der Waals surface area contributed by atoms with Gasteiger partial charge in [-0.3, -0.25) is 0 Å². The van der Waals surface area contributed by atoms with Crippen LogP contribution in [-0.4, -0.2) is 14.5 Å². The average molecular weight is 226 g/mol. The van der Waals surface area contributed by atoms with Crippen LogP contribution in [0.25, 0.3) is 11.2 Å². The molecule has 0 saturated heterocycles. The van der Waals surface area contributed by atoms with Gasteiger partial charge in [-0.15, -0.1) is 0 Å². The fourth-order valence-corrected chi connectivity index (χ4v) is 1.56. The number of aromatic nitrogens is 3. The van der Waals surface area contributed by atoms with Gasteiger partial charge in [0.25, 0.3) is 0 Å². The molecule has 0 N–H and O–H groups in total. The molecule has 0 spiro atoms. The fraction of sp³-hybridized carbons (Fsp3) is 0.250. The summed E-state index contributed by atoms with van der Waals surface area (Å²) in [6.45, 7) is 2.05. The number of aryl methyl sites for hydroxylation is 2. The first-order valence-corrected chi connectivity index (χ1v) is 4.41. The molecule has 0 radical (unpaired) electrons. The first-order valence-electron chi connectivity index (χ1n) is 3.62. The van der Waals surface area contributed by atoms with E-state index in [0.717, 1.165) is 15.6 Å². The van der Waals surface area contributed by atoms with Crippen LogP contribution in [0.2, 0.25) is 0 Å². The molecule has 0 aliphatic rings. The molecule has 0 amide bonds. The molecule has 62 valence electrons. The third-order valence-corrected chi connectivity index (χ3v) is 2.73. The lowest BCUT2D eigenvalue weighted by Gasteiger charge is -2.00. The highest BCUT2D eigenvalue weighted by atomic mass is 79.9. The topological polar surface area (TPSA) is 30.7 Å². The molecule has 0 bridgehead atoms. The van der Waals surface area contributed by atoms with E-state index in [9.17, 15) is 0 Å². The summed E-state index contributed by atoms with van der Waals surface area (Å²) < 4.78 is 3.00. The number of hydrogen-bond donors (Lipinski definition) is 0. The van der Waals surface area contributed by atoms with Crippen molar-refractivity contribution in [1.29, 1.82) is 0 Å². The minimum absolute atomic E-state index is 0.804. The van der Waals surface area contributed by atoms with E-state index in [1.54, 1.807) is 12.5 Å². The van der Waals surface area contributed by atoms with Crippen LogP contribution >= 0.6 is 15.9 Å². The van der Waals surface area contributed by atoms with Crippen LogP contribution in [0.4, 0.5) is 0 Å². The van der Waals surface area contributed by atoms with Crippen molar-refractivity contribution in [3.63, 3.8) is 0 Å². The number of fused-ring (bicyclic) bond motifs is 1. The highest BCUT2D eigenvalue weighted by Crippen LogP contribution is 2.21. The van der Waals surface area contributed by atoms with Crippen LogP contribution < -0.4 is 0 Å². The van der Waals surface area contributed by atoms with E-state index >= 15 is 0 Å². The van der Waals surface area contributed by atoms with Crippen molar-refractivity contribution >= 4 is 27.1 Å². The molecule has 0 unspecified atom stereocenters. The van der Waals surface area contributed by atoms with Gasteiger partial charge in [0.1, 0.15) is 0 Å². The molecule has 0 fully saturated rings. The number of pyridine rings is 1. The van der Waals surface area contributed by atoms with Crippen LogP contribution in [0.5, 0.6) is 0 Å². The zero-order valence-corrected chi connectivity index (χ0v) is 8.46. The van der Waals surface area contributed by atoms with Crippen molar-refractivity contribution in [2.75, 3.05) is 0 Å². The van der Waals surface area contributed by atoms with Crippen molar-refractivity contribution in [2.45, 2.75) is 6.92 Å². The quantitative estimate of drug-likeness (QED) is 0.688. The van der Waals surface area contributed by atoms with E-state index in [0.29, 0.717) is 0 Å². The number of rotatable bonds is 0. The second-order valence-corrected chi connectivity index (χ2v) is 3.61. The summed E-state index contributed by atoms with van der Waals surface area (Å²) in [5.74, 6) is 0. The molecule has 2 rings (SSSR count). The number of halogens is 1. The summed E-state index contributed by atoms with van der Waals surface area (Å²) in [5, 5.41) is 0. The largest absolute Gasteiger partial charge is 0.332 e. The molecule has 3 nitrogen and oxygen atoms in total. The Morgan fingerprint density at radius 1 is 1.42 bits per heavy atom. The molecule has 0 saturated carbocycles. The lowest BCUT2D eigenvalue weighted by molar-refractivity contribution is 0.943. The molecule has 0 aliphatic heterocycles. The molecule has 2 aromatic heterocycles. The zero-order chi connectivity index (χ0) is 8.72. The average Bonchev–Trinajstić information content (AvgIpc) is 2.41. The van der Waals surface area contributed by atoms with Gasteiger partial charge in [-0.2, -0.15) is 0 Å². The predicted octanol–water partition coefficient (Wildman–Crippen LogP) is 2.04. The summed E-state index contributed by atoms with van der Waals surface area (Å²) in [6, 6.07) is 0. The fourth-order valence-electron chi connectivity index (χ4n) is 1.27. The van der Waals surface area contributed by atoms with Crippen molar-refractivity contribution in [3.8, 4) is 0 Å². The van der Waals surface area contributed by atoms with Gasteiger partial charge >= 0.3 is 0 Å². The zero-order valence-electron chi connectivity index (χ0n) is 6.87. The Morgan fingerprint density at radius 2 is 2.17 bits per heavy atom. The van der Waals surface area contributed by atoms with Crippen molar-refractivity contribution in [2.24, 2.45) is 7.05 Å². The molecular weight excluding hydrogens is 218 g/mol. The summed E-state index contributed by atoms with van der Waals surface area (Å²) in [7, 11) is 1.97. The van der Waals surface area contributed by atoms with Gasteiger partial charge in [0, 0.05) is 17.7 Å². The normalized spacial score (nSPS) is 10.9. The standard InChI is InChI=1S/C8H8BrN3/c1-5-6(9)3-10-8-7(5)12(2)4-11-8/h3-4H,1-2H3. The lowest BCUT2D eigenvalue weighted by Crippen LogP contribution is -1.89. The third-order valence-electron chi connectivity index (χ3n) is 1.93. The minimum Gasteiger partial charge on any atom is -0.332 e. The third kappa shape index (κ3) is 0.948. The second-order valence-electron chi connectivity index (χ2n) is 2.76. The smallest absolute Gasteiger partial charge is 0.177 e. The Morgan fingerprint density at radius 3 is 2.92 bits per heavy atom. The van der Waals surface area contributed by atoms with Gasteiger partial charge in [-0.25, -0.2) is 9.97 Å². The predicted molar refractivity (Wildman–Crippen MR) is 50.9 cm³/mol. The van der Waals surface area contributed by atoms with Crippen LogP contribution in [0.15, 0.2) is 17.0 Å². The summed E-state index contributed by atoms with van der Waals surface area (Å²) in [4.78, 5) is 8.33. The maximum atomic E-state index is 4.18. The van der Waals surface area contributed by atoms with Gasteiger partial charge in [-0.05, 0) is 28.4 Å². The van der Waals surface area contributed by atoms with Crippen molar-refractivity contribution < 1.29 is 0 Å². The van der Waals surface area contributed by atoms with Gasteiger partial charge < -0.3 is 4.57 Å². The van der Waals surface area contributed by atoms with E-state index in [1.165, 1.54) is 5.56 Å². The highest BCUT2D eigenvalue weighted by Gasteiger charge is 2.06. The monoisotopic (exact) mass is 225 g/mol. The maximum Gasteiger partial charge on any atom is 0.177 e. The summed E-state index contributed by atoms with van der Waals surface area (Å²) in [5.41, 5.74) is 3.07. The SMILES string of the molecule is Cc1c(Br)cnc2ncn(C)c12. The first kappa shape index (κ1) is 7.73. The molecule has 4 heteroatoms. The van der Waals surface area contributed by atoms with Gasteiger partial charge in [0.2, 0.25) is 0 Å². The molecule has 0 aromatic carbocycles. The molecule has 0 atom stereocenters. The van der Waals surface area contributed by atoms with Crippen LogP contribution in [0.1, 0.15) is 5.56 Å². The highest BCUT2D eigenvalue weighted by molar-refractivity contribution is 9.10. The van der Waals surface area contributed by atoms with Crippen LogP contribution in [-0.2, 0) is 7.05 Å². The summed E-state index contributed by atoms with van der Waals surface area (Å²) >= 11 is 3.43. The van der Waals surface area contributed by atoms with E-state index < -0.39 is 0 Å². The Bertz CT molecular complexity index is 433. The van der Waals surface area contributed by atoms with E-state index in [-0.39, 0.29) is 0 Å². The number of nitrogens with zero attached hydrogens (tertiary/aromatic N) is 3. The van der Waals surface area contributed by atoms with Gasteiger partial charge in [-0.1, -0.05) is 0 Å². The van der Waals surface area contributed by atoms with E-state index in [4.69, 9.17) is 0 Å². The maximum absolute atomic E-state index is 4.18. The first-order chi connectivity index (χ1) is 5.70. The molecule has 0 aliphatic carbocycles. The lowest BCUT2D eigenvalue weighted by atomic mass is 10.3. The molecule has 2 heterocycles. The Balaban J connectivity index is 2.96. The molecular formula is C8H8BrN3. The van der Waals surface area contributed by atoms with E-state index in [2.05, 4.69) is 32.8 Å². The van der Waals surface area contributed by atoms with Gasteiger partial charge in [0.05, 0.1) is 11.8 Å². The summed E-state index contributed by atoms with van der Waals surface area (Å²) in [6.07, 6.45) is 3.56. The van der Waals surface area contributed by atoms with Crippen molar-refractivity contribution in [3.05, 3.63) is 22.6 Å². The second kappa shape index (κ2) is 2.55. The van der Waals surface area contributed by atoms with Crippen LogP contribution in [0.3, 0.4) is 0 Å². The minimum atomic E-state index is 0.804. The van der Waals surface area contributed by atoms with Gasteiger partial charge in [0.15, 0.2) is 5.65 Å². The number of hydrogen-bond acceptors (Lipinski definition) is 2.